The van der Waals surface area contributed by atoms with Crippen molar-refractivity contribution in [2.24, 2.45) is 11.7 Å². The van der Waals surface area contributed by atoms with Crippen LogP contribution in [0.25, 0.3) is 0 Å². The van der Waals surface area contributed by atoms with Crippen LogP contribution in [0.15, 0.2) is 97.1 Å². The Kier molecular flexibility index (Phi) is 11.5. The van der Waals surface area contributed by atoms with E-state index in [2.05, 4.69) is 5.32 Å². The van der Waals surface area contributed by atoms with Gasteiger partial charge in [-0.2, -0.15) is 0 Å². The average molecular weight is 519 g/mol. The van der Waals surface area contributed by atoms with Crippen LogP contribution in [0.4, 0.5) is 0 Å². The van der Waals surface area contributed by atoms with Crippen LogP contribution in [0.2, 0.25) is 0 Å². The molecule has 7 heteroatoms. The van der Waals surface area contributed by atoms with E-state index in [1.807, 2.05) is 60.7 Å². The molecular formula is C31H38N2O5. The van der Waals surface area contributed by atoms with Crippen molar-refractivity contribution in [2.45, 2.75) is 50.0 Å². The smallest absolute Gasteiger partial charge is 0.226 e. The van der Waals surface area contributed by atoms with E-state index in [4.69, 9.17) is 5.73 Å². The summed E-state index contributed by atoms with van der Waals surface area (Å²) in [7, 11) is 0. The summed E-state index contributed by atoms with van der Waals surface area (Å²) in [5, 5.41) is 43.7. The topological polar surface area (TPSA) is 136 Å². The van der Waals surface area contributed by atoms with E-state index < -0.39 is 30.2 Å². The maximum Gasteiger partial charge on any atom is 0.226 e. The number of phenolic OH excluding ortho intramolecular Hbond substituents is 1. The monoisotopic (exact) mass is 518 g/mol. The molecule has 0 saturated carbocycles. The minimum atomic E-state index is -1.10. The highest BCUT2D eigenvalue weighted by molar-refractivity contribution is 5.80. The fourth-order valence-electron chi connectivity index (χ4n) is 4.31. The maximum atomic E-state index is 13.3. The number of carbonyl (C=O) groups excluding carboxylic acids is 1. The van der Waals surface area contributed by atoms with Crippen molar-refractivity contribution in [3.05, 3.63) is 114 Å². The maximum absolute atomic E-state index is 13.3. The molecule has 3 rings (SSSR count). The number of rotatable bonds is 14. The van der Waals surface area contributed by atoms with Gasteiger partial charge in [-0.3, -0.25) is 4.79 Å². The molecule has 0 aliphatic heterocycles. The Morgan fingerprint density at radius 3 is 1.95 bits per heavy atom. The molecule has 0 fully saturated rings. The number of hydrogen-bond acceptors (Lipinski definition) is 6. The summed E-state index contributed by atoms with van der Waals surface area (Å²) in [4.78, 5) is 13.3. The van der Waals surface area contributed by atoms with E-state index in [-0.39, 0.29) is 24.7 Å². The van der Waals surface area contributed by atoms with Gasteiger partial charge in [-0.15, -0.1) is 0 Å². The molecular weight excluding hydrogens is 480 g/mol. The van der Waals surface area contributed by atoms with Crippen LogP contribution in [0.3, 0.4) is 0 Å². The number of carbonyl (C=O) groups is 1. The van der Waals surface area contributed by atoms with Crippen LogP contribution < -0.4 is 11.1 Å². The Labute approximate surface area is 224 Å². The molecule has 202 valence electrons. The highest BCUT2D eigenvalue weighted by atomic mass is 16.3. The Bertz CT molecular complexity index is 1120. The molecule has 0 aliphatic rings. The van der Waals surface area contributed by atoms with E-state index in [0.29, 0.717) is 19.3 Å². The normalized spacial score (nSPS) is 15.5. The van der Waals surface area contributed by atoms with Gasteiger partial charge in [0.15, 0.2) is 0 Å². The second kappa shape index (κ2) is 15.1. The fourth-order valence-corrected chi connectivity index (χ4v) is 4.31. The van der Waals surface area contributed by atoms with E-state index in [9.17, 15) is 25.2 Å². The van der Waals surface area contributed by atoms with Crippen LogP contribution in [-0.2, 0) is 24.1 Å². The van der Waals surface area contributed by atoms with E-state index in [1.165, 1.54) is 6.08 Å². The van der Waals surface area contributed by atoms with Gasteiger partial charge >= 0.3 is 0 Å². The number of nitrogens with two attached hydrogens (primary N) is 1. The quantitative estimate of drug-likeness (QED) is 0.182. The number of phenols is 1. The van der Waals surface area contributed by atoms with Crippen molar-refractivity contribution < 1.29 is 25.2 Å². The van der Waals surface area contributed by atoms with Gasteiger partial charge in [0.25, 0.3) is 0 Å². The lowest BCUT2D eigenvalue weighted by molar-refractivity contribution is -0.128. The zero-order valence-electron chi connectivity index (χ0n) is 21.4. The first kappa shape index (κ1) is 29.1. The second-order valence-corrected chi connectivity index (χ2v) is 9.63. The third-order valence-electron chi connectivity index (χ3n) is 6.55. The van der Waals surface area contributed by atoms with E-state index in [1.54, 1.807) is 30.3 Å². The molecule has 0 aromatic heterocycles. The first-order valence-electron chi connectivity index (χ1n) is 12.9. The largest absolute Gasteiger partial charge is 0.508 e. The molecule has 7 N–H and O–H groups in total. The van der Waals surface area contributed by atoms with Crippen molar-refractivity contribution >= 4 is 5.91 Å². The van der Waals surface area contributed by atoms with Crippen molar-refractivity contribution in [1.29, 1.82) is 0 Å². The first-order valence-corrected chi connectivity index (χ1v) is 12.9. The van der Waals surface area contributed by atoms with Gasteiger partial charge in [-0.25, -0.2) is 0 Å². The third-order valence-corrected chi connectivity index (χ3v) is 6.55. The molecule has 1 amide bonds. The van der Waals surface area contributed by atoms with Gasteiger partial charge in [-0.05, 0) is 54.5 Å². The summed E-state index contributed by atoms with van der Waals surface area (Å²) in [6, 6.07) is 24.7. The fraction of sp³-hybridized carbons (Fsp3) is 0.323. The standard InChI is InChI=1S/C31H38N2O5/c32-28(20-24-14-16-26(35)17-15-24)30(37)13-7-12-29(36)27(19-23-10-5-2-6-11-23)31(38)33-25(21-34)18-22-8-3-1-4-9-22/h1-12,14-17,25,27-30,34-37H,13,18-21,32H2,(H,33,38). The molecule has 3 aromatic carbocycles. The lowest BCUT2D eigenvalue weighted by Gasteiger charge is -2.24. The Hall–Kier alpha value is -3.49. The number of amides is 1. The number of nitrogens with one attached hydrogen (secondary N) is 1. The molecule has 38 heavy (non-hydrogen) atoms. The van der Waals surface area contributed by atoms with Gasteiger partial charge in [0.2, 0.25) is 5.91 Å². The molecule has 0 heterocycles. The lowest BCUT2D eigenvalue weighted by atomic mass is 9.91. The lowest BCUT2D eigenvalue weighted by Crippen LogP contribution is -2.45. The summed E-state index contributed by atoms with van der Waals surface area (Å²) in [5.74, 6) is -0.980. The molecule has 0 aliphatic carbocycles. The Morgan fingerprint density at radius 2 is 1.37 bits per heavy atom. The molecule has 0 bridgehead atoms. The van der Waals surface area contributed by atoms with Crippen molar-refractivity contribution in [1.82, 2.24) is 5.32 Å². The van der Waals surface area contributed by atoms with Gasteiger partial charge < -0.3 is 31.5 Å². The summed E-state index contributed by atoms with van der Waals surface area (Å²) in [5.41, 5.74) is 8.94. The molecule has 7 nitrogen and oxygen atoms in total. The summed E-state index contributed by atoms with van der Waals surface area (Å²) < 4.78 is 0. The molecule has 0 radical (unpaired) electrons. The third kappa shape index (κ3) is 9.43. The SMILES string of the molecule is NC(Cc1ccc(O)cc1)C(O)CC=CC(O)C(Cc1ccccc1)C(=O)NC(CO)Cc1ccccc1. The van der Waals surface area contributed by atoms with Crippen molar-refractivity contribution in [3.63, 3.8) is 0 Å². The van der Waals surface area contributed by atoms with Crippen LogP contribution in [0, 0.1) is 5.92 Å². The summed E-state index contributed by atoms with van der Waals surface area (Å²) in [6.45, 7) is -0.226. The van der Waals surface area contributed by atoms with Gasteiger partial charge in [0, 0.05) is 6.04 Å². The molecule has 5 unspecified atom stereocenters. The van der Waals surface area contributed by atoms with Crippen LogP contribution in [0.5, 0.6) is 5.75 Å². The molecule has 3 aromatic rings. The molecule has 0 saturated heterocycles. The molecule has 5 atom stereocenters. The minimum absolute atomic E-state index is 0.166. The number of benzene rings is 3. The van der Waals surface area contributed by atoms with Crippen molar-refractivity contribution in [3.8, 4) is 5.75 Å². The van der Waals surface area contributed by atoms with Gasteiger partial charge in [-0.1, -0.05) is 84.9 Å². The van der Waals surface area contributed by atoms with Gasteiger partial charge in [0.1, 0.15) is 5.75 Å². The first-order chi connectivity index (χ1) is 18.4. The number of aliphatic hydroxyl groups excluding tert-OH is 3. The Morgan fingerprint density at radius 1 is 0.816 bits per heavy atom. The number of aliphatic hydroxyl groups is 3. The minimum Gasteiger partial charge on any atom is -0.508 e. The van der Waals surface area contributed by atoms with Crippen LogP contribution in [-0.4, -0.2) is 57.2 Å². The number of aromatic hydroxyl groups is 1. The average Bonchev–Trinajstić information content (AvgIpc) is 2.93. The van der Waals surface area contributed by atoms with Gasteiger partial charge in [0.05, 0.1) is 30.8 Å². The Balaban J connectivity index is 1.63. The van der Waals surface area contributed by atoms with E-state index >= 15 is 0 Å². The summed E-state index contributed by atoms with van der Waals surface area (Å²) >= 11 is 0. The number of hydrogen-bond donors (Lipinski definition) is 6. The zero-order chi connectivity index (χ0) is 27.3. The predicted octanol–water partition coefficient (Wildman–Crippen LogP) is 2.51. The van der Waals surface area contributed by atoms with E-state index in [0.717, 1.165) is 16.7 Å². The summed E-state index contributed by atoms with van der Waals surface area (Å²) in [6.07, 6.45) is 2.64. The van der Waals surface area contributed by atoms with Crippen molar-refractivity contribution in [2.75, 3.05) is 6.61 Å². The second-order valence-electron chi connectivity index (χ2n) is 9.63. The highest BCUT2D eigenvalue weighted by Gasteiger charge is 2.27. The van der Waals surface area contributed by atoms with Crippen LogP contribution >= 0.6 is 0 Å². The predicted molar refractivity (Wildman–Crippen MR) is 148 cm³/mol. The van der Waals surface area contributed by atoms with Crippen LogP contribution in [0.1, 0.15) is 23.1 Å². The zero-order valence-corrected chi connectivity index (χ0v) is 21.4. The highest BCUT2D eigenvalue weighted by Crippen LogP contribution is 2.17. The molecule has 0 spiro atoms.